The Morgan fingerprint density at radius 3 is 2.79 bits per heavy atom. The molecule has 1 aliphatic carbocycles. The lowest BCUT2D eigenvalue weighted by molar-refractivity contribution is 0.430. The highest BCUT2D eigenvalue weighted by molar-refractivity contribution is 9.10. The van der Waals surface area contributed by atoms with Gasteiger partial charge in [0.25, 0.3) is 0 Å². The quantitative estimate of drug-likeness (QED) is 0.719. The van der Waals surface area contributed by atoms with Crippen molar-refractivity contribution in [3.8, 4) is 0 Å². The minimum absolute atomic E-state index is 0.274. The zero-order chi connectivity index (χ0) is 10.1. The van der Waals surface area contributed by atoms with Crippen molar-refractivity contribution in [2.45, 2.75) is 37.0 Å². The summed E-state index contributed by atoms with van der Waals surface area (Å²) in [4.78, 5) is 0. The topological polar surface area (TPSA) is 17.8 Å². The average Bonchev–Trinajstić information content (AvgIpc) is 2.48. The van der Waals surface area contributed by atoms with Crippen molar-refractivity contribution in [3.05, 3.63) is 16.4 Å². The Kier molecular flexibility index (Phi) is 3.17. The van der Waals surface area contributed by atoms with Gasteiger partial charge in [-0.25, -0.2) is 0 Å². The molecular formula is C10H14BrClN2. The molecule has 0 aromatic carbocycles. The van der Waals surface area contributed by atoms with Crippen LogP contribution in [-0.2, 0) is 7.05 Å². The molecule has 78 valence electrons. The maximum Gasteiger partial charge on any atom is 0.0635 e. The summed E-state index contributed by atoms with van der Waals surface area (Å²) in [5.74, 6) is 0.465. The van der Waals surface area contributed by atoms with Gasteiger partial charge in [-0.1, -0.05) is 12.8 Å². The molecule has 1 heterocycles. The van der Waals surface area contributed by atoms with Gasteiger partial charge in [0.05, 0.1) is 16.4 Å². The van der Waals surface area contributed by atoms with E-state index in [1.54, 1.807) is 0 Å². The second-order valence-electron chi connectivity index (χ2n) is 3.91. The predicted molar refractivity (Wildman–Crippen MR) is 61.8 cm³/mol. The third-order valence-electron chi connectivity index (χ3n) is 2.97. The minimum Gasteiger partial charge on any atom is -0.271 e. The van der Waals surface area contributed by atoms with Crippen LogP contribution >= 0.6 is 27.5 Å². The molecule has 0 spiro atoms. The molecule has 1 fully saturated rings. The van der Waals surface area contributed by atoms with E-state index in [1.807, 2.05) is 17.9 Å². The van der Waals surface area contributed by atoms with Crippen molar-refractivity contribution in [1.82, 2.24) is 9.78 Å². The zero-order valence-corrected chi connectivity index (χ0v) is 10.6. The Bertz CT molecular complexity index is 304. The lowest BCUT2D eigenvalue weighted by Crippen LogP contribution is -2.20. The number of alkyl halides is 1. The number of aromatic nitrogens is 2. The van der Waals surface area contributed by atoms with Gasteiger partial charge in [0, 0.05) is 18.3 Å². The lowest BCUT2D eigenvalue weighted by atomic mass is 9.86. The molecule has 1 saturated carbocycles. The first kappa shape index (κ1) is 10.5. The van der Waals surface area contributed by atoms with Gasteiger partial charge in [-0.3, -0.25) is 4.68 Å². The number of halogens is 2. The Hall–Kier alpha value is -0.0200. The van der Waals surface area contributed by atoms with Gasteiger partial charge in [-0.15, -0.1) is 11.6 Å². The molecule has 2 unspecified atom stereocenters. The van der Waals surface area contributed by atoms with E-state index in [4.69, 9.17) is 11.6 Å². The van der Waals surface area contributed by atoms with Crippen LogP contribution in [0.25, 0.3) is 0 Å². The number of hydrogen-bond acceptors (Lipinski definition) is 1. The van der Waals surface area contributed by atoms with Crippen LogP contribution in [0.4, 0.5) is 0 Å². The number of aryl methyl sites for hydroxylation is 1. The largest absolute Gasteiger partial charge is 0.271 e. The molecule has 0 saturated heterocycles. The number of rotatable bonds is 1. The van der Waals surface area contributed by atoms with Crippen molar-refractivity contribution in [1.29, 1.82) is 0 Å². The minimum atomic E-state index is 0.274. The molecule has 2 nitrogen and oxygen atoms in total. The summed E-state index contributed by atoms with van der Waals surface area (Å²) in [6.07, 6.45) is 6.72. The van der Waals surface area contributed by atoms with Crippen molar-refractivity contribution in [2.75, 3.05) is 0 Å². The van der Waals surface area contributed by atoms with E-state index in [1.165, 1.54) is 25.0 Å². The maximum absolute atomic E-state index is 6.36. The molecule has 0 N–H and O–H groups in total. The van der Waals surface area contributed by atoms with Crippen LogP contribution in [0.1, 0.15) is 37.3 Å². The summed E-state index contributed by atoms with van der Waals surface area (Å²) in [6.45, 7) is 0. The molecule has 4 heteroatoms. The summed E-state index contributed by atoms with van der Waals surface area (Å²) >= 11 is 9.89. The lowest BCUT2D eigenvalue weighted by Gasteiger charge is -2.27. The first-order valence-electron chi connectivity index (χ1n) is 5.01. The van der Waals surface area contributed by atoms with Crippen molar-refractivity contribution in [2.24, 2.45) is 7.05 Å². The first-order chi connectivity index (χ1) is 6.70. The maximum atomic E-state index is 6.36. The summed E-state index contributed by atoms with van der Waals surface area (Å²) < 4.78 is 3.03. The van der Waals surface area contributed by atoms with Gasteiger partial charge < -0.3 is 0 Å². The van der Waals surface area contributed by atoms with Gasteiger partial charge in [0.1, 0.15) is 0 Å². The van der Waals surface area contributed by atoms with Crippen LogP contribution in [0.15, 0.2) is 10.7 Å². The van der Waals surface area contributed by atoms with Gasteiger partial charge in [-0.05, 0) is 28.8 Å². The Labute approximate surface area is 97.8 Å². The van der Waals surface area contributed by atoms with Gasteiger partial charge in [0.15, 0.2) is 0 Å². The van der Waals surface area contributed by atoms with Crippen LogP contribution in [0.3, 0.4) is 0 Å². The van der Waals surface area contributed by atoms with Crippen LogP contribution in [0, 0.1) is 0 Å². The molecule has 2 rings (SSSR count). The Morgan fingerprint density at radius 2 is 2.21 bits per heavy atom. The molecular weight excluding hydrogens is 263 g/mol. The van der Waals surface area contributed by atoms with Crippen LogP contribution in [0.2, 0.25) is 0 Å². The highest BCUT2D eigenvalue weighted by Crippen LogP contribution is 2.38. The zero-order valence-electron chi connectivity index (χ0n) is 8.21. The highest BCUT2D eigenvalue weighted by atomic mass is 79.9. The average molecular weight is 278 g/mol. The molecule has 1 aliphatic rings. The van der Waals surface area contributed by atoms with Gasteiger partial charge in [-0.2, -0.15) is 5.10 Å². The summed E-state index contributed by atoms with van der Waals surface area (Å²) in [5, 5.41) is 4.51. The Morgan fingerprint density at radius 1 is 1.50 bits per heavy atom. The van der Waals surface area contributed by atoms with E-state index in [9.17, 15) is 0 Å². The first-order valence-corrected chi connectivity index (χ1v) is 6.24. The predicted octanol–water partition coefficient (Wildman–Crippen LogP) is 3.45. The Balaban J connectivity index is 2.28. The van der Waals surface area contributed by atoms with E-state index >= 15 is 0 Å². The molecule has 1 aromatic heterocycles. The van der Waals surface area contributed by atoms with Crippen LogP contribution < -0.4 is 0 Å². The number of hydrogen-bond donors (Lipinski definition) is 0. The fourth-order valence-electron chi connectivity index (χ4n) is 2.23. The second-order valence-corrected chi connectivity index (χ2v) is 5.32. The smallest absolute Gasteiger partial charge is 0.0635 e. The molecule has 0 bridgehead atoms. The molecule has 0 aliphatic heterocycles. The van der Waals surface area contributed by atoms with Crippen molar-refractivity contribution >= 4 is 27.5 Å². The van der Waals surface area contributed by atoms with Crippen molar-refractivity contribution in [3.63, 3.8) is 0 Å². The second kappa shape index (κ2) is 4.23. The fourth-order valence-corrected chi connectivity index (χ4v) is 3.27. The summed E-state index contributed by atoms with van der Waals surface area (Å²) in [7, 11) is 1.98. The van der Waals surface area contributed by atoms with E-state index < -0.39 is 0 Å². The molecule has 0 amide bonds. The van der Waals surface area contributed by atoms with Crippen LogP contribution in [-0.4, -0.2) is 15.2 Å². The van der Waals surface area contributed by atoms with Crippen molar-refractivity contribution < 1.29 is 0 Å². The van der Waals surface area contributed by atoms with E-state index in [0.717, 1.165) is 10.9 Å². The standard InChI is InChI=1S/C10H14BrClN2/c1-14-10(8(11)6-13-14)7-4-2-3-5-9(7)12/h6-7,9H,2-5H2,1H3. The monoisotopic (exact) mass is 276 g/mol. The normalized spacial score (nSPS) is 27.9. The summed E-state index contributed by atoms with van der Waals surface area (Å²) in [6, 6.07) is 0. The van der Waals surface area contributed by atoms with E-state index in [-0.39, 0.29) is 5.38 Å². The third kappa shape index (κ3) is 1.84. The van der Waals surface area contributed by atoms with Crippen LogP contribution in [0.5, 0.6) is 0 Å². The van der Waals surface area contributed by atoms with E-state index in [0.29, 0.717) is 5.92 Å². The molecule has 2 atom stereocenters. The molecule has 0 radical (unpaired) electrons. The summed E-state index contributed by atoms with van der Waals surface area (Å²) in [5.41, 5.74) is 1.25. The third-order valence-corrected chi connectivity index (χ3v) is 4.10. The fraction of sp³-hybridized carbons (Fsp3) is 0.700. The SMILES string of the molecule is Cn1ncc(Br)c1C1CCCCC1Cl. The van der Waals surface area contributed by atoms with Gasteiger partial charge in [0.2, 0.25) is 0 Å². The molecule has 14 heavy (non-hydrogen) atoms. The van der Waals surface area contributed by atoms with Gasteiger partial charge >= 0.3 is 0 Å². The number of nitrogens with zero attached hydrogens (tertiary/aromatic N) is 2. The van der Waals surface area contributed by atoms with E-state index in [2.05, 4.69) is 21.0 Å². The molecule has 1 aromatic rings. The highest BCUT2D eigenvalue weighted by Gasteiger charge is 2.28.